The zero-order valence-corrected chi connectivity index (χ0v) is 15.8. The molecule has 1 aromatic carbocycles. The van der Waals surface area contributed by atoms with Crippen molar-refractivity contribution in [3.05, 3.63) is 46.2 Å². The monoisotopic (exact) mass is 434 g/mol. The van der Waals surface area contributed by atoms with Crippen LogP contribution in [0, 0.1) is 0 Å². The minimum absolute atomic E-state index is 0.0547. The highest BCUT2D eigenvalue weighted by Crippen LogP contribution is 2.35. The number of hydrogen-bond donors (Lipinski definition) is 1. The number of methoxy groups -OCH3 is 1. The van der Waals surface area contributed by atoms with Gasteiger partial charge in [-0.25, -0.2) is 0 Å². The van der Waals surface area contributed by atoms with Gasteiger partial charge >= 0.3 is 6.18 Å². The predicted octanol–water partition coefficient (Wildman–Crippen LogP) is 4.57. The molecule has 0 spiro atoms. The molecular formula is C17H18BrF3N2O3. The van der Waals surface area contributed by atoms with Crippen LogP contribution in [-0.4, -0.2) is 30.8 Å². The first-order chi connectivity index (χ1) is 12.3. The zero-order valence-electron chi connectivity index (χ0n) is 14.2. The molecule has 0 saturated heterocycles. The number of benzene rings is 1. The highest BCUT2D eigenvalue weighted by molar-refractivity contribution is 9.10. The van der Waals surface area contributed by atoms with E-state index in [-0.39, 0.29) is 24.7 Å². The molecular weight excluding hydrogens is 417 g/mol. The molecule has 5 nitrogen and oxygen atoms in total. The normalized spacial score (nSPS) is 11.5. The van der Waals surface area contributed by atoms with Gasteiger partial charge in [0.1, 0.15) is 18.1 Å². The molecule has 0 aliphatic rings. The van der Waals surface area contributed by atoms with Gasteiger partial charge in [-0.3, -0.25) is 4.79 Å². The number of aromatic nitrogens is 1. The van der Waals surface area contributed by atoms with Gasteiger partial charge in [0.05, 0.1) is 17.9 Å². The average Bonchev–Trinajstić information content (AvgIpc) is 2.96. The SMILES string of the molecule is CCn1cc(Br)cc1C(=O)Nc1cc(C(F)(F)F)ccc1OCCOC. The molecule has 1 N–H and O–H groups in total. The van der Waals surface area contributed by atoms with Gasteiger partial charge in [0, 0.05) is 24.3 Å². The van der Waals surface area contributed by atoms with Crippen molar-refractivity contribution in [2.45, 2.75) is 19.6 Å². The Bertz CT molecular complexity index is 775. The predicted molar refractivity (Wildman–Crippen MR) is 94.6 cm³/mol. The van der Waals surface area contributed by atoms with Crippen LogP contribution in [0.3, 0.4) is 0 Å². The summed E-state index contributed by atoms with van der Waals surface area (Å²) in [6.45, 7) is 2.79. The van der Waals surface area contributed by atoms with E-state index in [1.165, 1.54) is 13.2 Å². The Morgan fingerprint density at radius 3 is 2.62 bits per heavy atom. The molecule has 0 aliphatic carbocycles. The van der Waals surface area contributed by atoms with Crippen LogP contribution in [0.2, 0.25) is 0 Å². The van der Waals surface area contributed by atoms with Crippen LogP contribution in [0.5, 0.6) is 5.75 Å². The molecule has 1 heterocycles. The van der Waals surface area contributed by atoms with Gasteiger partial charge in [-0.15, -0.1) is 0 Å². The second kappa shape index (κ2) is 8.59. The summed E-state index contributed by atoms with van der Waals surface area (Å²) in [4.78, 5) is 12.5. The highest BCUT2D eigenvalue weighted by Gasteiger charge is 2.31. The van der Waals surface area contributed by atoms with Gasteiger partial charge in [0.25, 0.3) is 5.91 Å². The number of ether oxygens (including phenoxy) is 2. The summed E-state index contributed by atoms with van der Waals surface area (Å²) in [5, 5.41) is 2.51. The van der Waals surface area contributed by atoms with Crippen molar-refractivity contribution in [2.75, 3.05) is 25.6 Å². The van der Waals surface area contributed by atoms with Crippen molar-refractivity contribution in [1.29, 1.82) is 0 Å². The van der Waals surface area contributed by atoms with Crippen molar-refractivity contribution in [1.82, 2.24) is 4.57 Å². The van der Waals surface area contributed by atoms with Crippen LogP contribution in [0.25, 0.3) is 0 Å². The Kier molecular flexibility index (Phi) is 6.71. The number of nitrogens with one attached hydrogen (secondary N) is 1. The van der Waals surface area contributed by atoms with Crippen molar-refractivity contribution in [3.8, 4) is 5.75 Å². The maximum Gasteiger partial charge on any atom is 0.416 e. The Morgan fingerprint density at radius 2 is 2.00 bits per heavy atom. The summed E-state index contributed by atoms with van der Waals surface area (Å²) in [6.07, 6.45) is -2.81. The fourth-order valence-corrected chi connectivity index (χ4v) is 2.74. The molecule has 142 valence electrons. The molecule has 1 amide bonds. The summed E-state index contributed by atoms with van der Waals surface area (Å²) < 4.78 is 51.7. The minimum Gasteiger partial charge on any atom is -0.489 e. The van der Waals surface area contributed by atoms with Gasteiger partial charge < -0.3 is 19.4 Å². The topological polar surface area (TPSA) is 52.5 Å². The minimum atomic E-state index is -4.53. The number of nitrogens with zero attached hydrogens (tertiary/aromatic N) is 1. The molecule has 0 radical (unpaired) electrons. The lowest BCUT2D eigenvalue weighted by atomic mass is 10.1. The number of halogens is 4. The van der Waals surface area contributed by atoms with Crippen molar-refractivity contribution < 1.29 is 27.4 Å². The first kappa shape index (κ1) is 20.3. The van der Waals surface area contributed by atoms with Gasteiger partial charge in [-0.05, 0) is 47.1 Å². The summed E-state index contributed by atoms with van der Waals surface area (Å²) >= 11 is 3.28. The molecule has 0 fully saturated rings. The molecule has 9 heteroatoms. The third kappa shape index (κ3) is 5.01. The zero-order chi connectivity index (χ0) is 19.3. The van der Waals surface area contributed by atoms with E-state index in [4.69, 9.17) is 9.47 Å². The van der Waals surface area contributed by atoms with Crippen LogP contribution < -0.4 is 10.1 Å². The molecule has 26 heavy (non-hydrogen) atoms. The number of alkyl halides is 3. The van der Waals surface area contributed by atoms with E-state index in [2.05, 4.69) is 21.2 Å². The van der Waals surface area contributed by atoms with Crippen LogP contribution in [0.4, 0.5) is 18.9 Å². The van der Waals surface area contributed by atoms with Crippen LogP contribution in [0.1, 0.15) is 23.0 Å². The Morgan fingerprint density at radius 1 is 1.27 bits per heavy atom. The molecule has 0 bridgehead atoms. The van der Waals surface area contributed by atoms with E-state index < -0.39 is 17.6 Å². The smallest absolute Gasteiger partial charge is 0.416 e. The van der Waals surface area contributed by atoms with E-state index in [0.717, 1.165) is 12.1 Å². The van der Waals surface area contributed by atoms with Crippen LogP contribution in [-0.2, 0) is 17.5 Å². The fourth-order valence-electron chi connectivity index (χ4n) is 2.28. The van der Waals surface area contributed by atoms with Gasteiger partial charge in [-0.1, -0.05) is 0 Å². The number of hydrogen-bond acceptors (Lipinski definition) is 3. The van der Waals surface area contributed by atoms with E-state index >= 15 is 0 Å². The lowest BCUT2D eigenvalue weighted by Crippen LogP contribution is -2.18. The first-order valence-corrected chi connectivity index (χ1v) is 8.55. The lowest BCUT2D eigenvalue weighted by molar-refractivity contribution is -0.137. The van der Waals surface area contributed by atoms with Crippen molar-refractivity contribution in [3.63, 3.8) is 0 Å². The van der Waals surface area contributed by atoms with Crippen LogP contribution in [0.15, 0.2) is 34.9 Å². The van der Waals surface area contributed by atoms with E-state index in [0.29, 0.717) is 16.7 Å². The number of anilines is 1. The van der Waals surface area contributed by atoms with Gasteiger partial charge in [-0.2, -0.15) is 13.2 Å². The molecule has 1 aromatic heterocycles. The Hall–Kier alpha value is -2.00. The largest absolute Gasteiger partial charge is 0.489 e. The second-order valence-corrected chi connectivity index (χ2v) is 6.25. The number of rotatable bonds is 7. The van der Waals surface area contributed by atoms with E-state index in [1.807, 2.05) is 6.92 Å². The standard InChI is InChI=1S/C17H18BrF3N2O3/c1-3-23-10-12(18)9-14(23)16(24)22-13-8-11(17(19,20)21)4-5-15(13)26-7-6-25-2/h4-5,8-10H,3,6-7H2,1-2H3,(H,22,24). The third-order valence-corrected chi connectivity index (χ3v) is 3.97. The quantitative estimate of drug-likeness (QED) is 0.649. The van der Waals surface area contributed by atoms with E-state index in [1.54, 1.807) is 16.8 Å². The van der Waals surface area contributed by atoms with E-state index in [9.17, 15) is 18.0 Å². The molecule has 0 aliphatic heterocycles. The molecule has 0 atom stereocenters. The Balaban J connectivity index is 2.32. The van der Waals surface area contributed by atoms with Gasteiger partial charge in [0.15, 0.2) is 0 Å². The molecule has 0 saturated carbocycles. The summed E-state index contributed by atoms with van der Waals surface area (Å²) in [5.41, 5.74) is -0.612. The second-order valence-electron chi connectivity index (χ2n) is 5.33. The summed E-state index contributed by atoms with van der Waals surface area (Å²) in [7, 11) is 1.48. The summed E-state index contributed by atoms with van der Waals surface area (Å²) in [5.74, 6) is -0.398. The molecule has 2 aromatic rings. The summed E-state index contributed by atoms with van der Waals surface area (Å²) in [6, 6.07) is 4.54. The maximum atomic E-state index is 13.0. The molecule has 0 unspecified atom stereocenters. The average molecular weight is 435 g/mol. The highest BCUT2D eigenvalue weighted by atomic mass is 79.9. The third-order valence-electron chi connectivity index (χ3n) is 3.54. The fraction of sp³-hybridized carbons (Fsp3) is 0.353. The van der Waals surface area contributed by atoms with Crippen molar-refractivity contribution >= 4 is 27.5 Å². The molecule has 2 rings (SSSR count). The number of amides is 1. The number of carbonyl (C=O) groups is 1. The maximum absolute atomic E-state index is 13.0. The lowest BCUT2D eigenvalue weighted by Gasteiger charge is -2.15. The number of carbonyl (C=O) groups excluding carboxylic acids is 1. The van der Waals surface area contributed by atoms with Crippen LogP contribution >= 0.6 is 15.9 Å². The van der Waals surface area contributed by atoms with Crippen molar-refractivity contribution in [2.24, 2.45) is 0 Å². The Labute approximate surface area is 157 Å². The van der Waals surface area contributed by atoms with Gasteiger partial charge in [0.2, 0.25) is 0 Å². The number of aryl methyl sites for hydroxylation is 1. The first-order valence-electron chi connectivity index (χ1n) is 7.76.